The van der Waals surface area contributed by atoms with Crippen LogP contribution in [0.25, 0.3) is 0 Å². The lowest BCUT2D eigenvalue weighted by Gasteiger charge is -2.28. The van der Waals surface area contributed by atoms with Gasteiger partial charge in [0.05, 0.1) is 12.4 Å². The fraction of sp³-hybridized carbons (Fsp3) is 0.696. The Morgan fingerprint density at radius 1 is 1.03 bits per heavy atom. The van der Waals surface area contributed by atoms with Gasteiger partial charge < -0.3 is 31.8 Å². The van der Waals surface area contributed by atoms with E-state index in [1.807, 2.05) is 34.0 Å². The van der Waals surface area contributed by atoms with Crippen LogP contribution in [0.2, 0.25) is 0 Å². The first-order valence-corrected chi connectivity index (χ1v) is 13.3. The third-order valence-corrected chi connectivity index (χ3v) is 6.83. The predicted octanol–water partition coefficient (Wildman–Crippen LogP) is 0.664. The second-order valence-electron chi connectivity index (χ2n) is 8.81. The molecule has 3 amide bonds. The van der Waals surface area contributed by atoms with Gasteiger partial charge >= 0.3 is 5.97 Å². The highest BCUT2D eigenvalue weighted by Crippen LogP contribution is 2.12. The molecule has 0 radical (unpaired) electrons. The number of hydrogen-bond acceptors (Lipinski definition) is 7. The van der Waals surface area contributed by atoms with E-state index >= 15 is 0 Å². The normalized spacial score (nSPS) is 16.3. The molecule has 7 N–H and O–H groups in total. The topological polar surface area (TPSA) is 179 Å². The Morgan fingerprint density at radius 3 is 2.17 bits per heavy atom. The van der Waals surface area contributed by atoms with Crippen LogP contribution >= 0.6 is 11.8 Å². The van der Waals surface area contributed by atoms with Gasteiger partial charge in [-0.15, -0.1) is 0 Å². The van der Waals surface area contributed by atoms with E-state index in [2.05, 4.69) is 25.9 Å². The third kappa shape index (κ3) is 9.88. The molecule has 0 saturated carbocycles. The fourth-order valence-corrected chi connectivity index (χ4v) is 3.79. The molecule has 0 aliphatic carbocycles. The fourth-order valence-electron chi connectivity index (χ4n) is 3.32. The first-order valence-electron chi connectivity index (χ1n) is 11.9. The van der Waals surface area contributed by atoms with Crippen molar-refractivity contribution in [1.82, 2.24) is 25.9 Å². The molecule has 35 heavy (non-hydrogen) atoms. The van der Waals surface area contributed by atoms with E-state index in [1.165, 1.54) is 24.3 Å². The number of aromatic nitrogens is 2. The molecule has 6 atom stereocenters. The number of amides is 3. The van der Waals surface area contributed by atoms with Crippen LogP contribution in [0.4, 0.5) is 0 Å². The van der Waals surface area contributed by atoms with E-state index in [0.717, 1.165) is 6.42 Å². The number of nitrogens with zero attached hydrogens (tertiary/aromatic N) is 1. The standard InChI is InChI=1S/C23H40N6O5S/c1-6-13(3)18(24)21(31)29-19(14(4)7-2)22(32)27-16(8-9-35-5)20(30)28-17(23(33)34)10-15-11-25-12-26-15/h11-14,16-19H,6-10,24H2,1-5H3,(H,25,26)(H,27,32)(H,28,30)(H,29,31)(H,33,34). The van der Waals surface area contributed by atoms with E-state index < -0.39 is 47.9 Å². The lowest BCUT2D eigenvalue weighted by molar-refractivity contribution is -0.142. The molecule has 12 heteroatoms. The summed E-state index contributed by atoms with van der Waals surface area (Å²) in [5.41, 5.74) is 6.60. The summed E-state index contributed by atoms with van der Waals surface area (Å²) in [6, 6.07) is -3.80. The Bertz CT molecular complexity index is 821. The Morgan fingerprint density at radius 2 is 1.66 bits per heavy atom. The van der Waals surface area contributed by atoms with Crippen molar-refractivity contribution in [3.63, 3.8) is 0 Å². The smallest absolute Gasteiger partial charge is 0.326 e. The molecular formula is C23H40N6O5S. The van der Waals surface area contributed by atoms with Crippen molar-refractivity contribution < 1.29 is 24.3 Å². The first kappa shape index (κ1) is 30.4. The lowest BCUT2D eigenvalue weighted by atomic mass is 9.95. The lowest BCUT2D eigenvalue weighted by Crippen LogP contribution is -2.59. The molecule has 0 spiro atoms. The van der Waals surface area contributed by atoms with Crippen LogP contribution in [0, 0.1) is 11.8 Å². The number of imidazole rings is 1. The minimum absolute atomic E-state index is 0.0172. The van der Waals surface area contributed by atoms with Gasteiger partial charge in [-0.1, -0.05) is 40.5 Å². The number of aromatic amines is 1. The zero-order valence-corrected chi connectivity index (χ0v) is 22.0. The minimum atomic E-state index is -1.20. The summed E-state index contributed by atoms with van der Waals surface area (Å²) in [5, 5.41) is 17.6. The number of thioether (sulfide) groups is 1. The van der Waals surface area contributed by atoms with E-state index in [1.54, 1.807) is 0 Å². The summed E-state index contributed by atoms with van der Waals surface area (Å²) < 4.78 is 0. The van der Waals surface area contributed by atoms with E-state index in [-0.39, 0.29) is 18.3 Å². The minimum Gasteiger partial charge on any atom is -0.480 e. The molecule has 11 nitrogen and oxygen atoms in total. The molecule has 198 valence electrons. The van der Waals surface area contributed by atoms with Crippen molar-refractivity contribution in [1.29, 1.82) is 0 Å². The second-order valence-corrected chi connectivity index (χ2v) is 9.79. The van der Waals surface area contributed by atoms with Gasteiger partial charge in [-0.2, -0.15) is 11.8 Å². The predicted molar refractivity (Wildman–Crippen MR) is 136 cm³/mol. The Labute approximate surface area is 211 Å². The van der Waals surface area contributed by atoms with Gasteiger partial charge in [-0.3, -0.25) is 14.4 Å². The quantitative estimate of drug-likeness (QED) is 0.187. The van der Waals surface area contributed by atoms with Crippen molar-refractivity contribution in [2.75, 3.05) is 12.0 Å². The molecule has 0 bridgehead atoms. The summed E-state index contributed by atoms with van der Waals surface area (Å²) in [6.45, 7) is 7.54. The SMILES string of the molecule is CCC(C)C(N)C(=O)NC(C(=O)NC(CCSC)C(=O)NC(Cc1cnc[nH]1)C(=O)O)C(C)CC. The largest absolute Gasteiger partial charge is 0.480 e. The van der Waals surface area contributed by atoms with Crippen LogP contribution < -0.4 is 21.7 Å². The second kappa shape index (κ2) is 15.4. The number of aliphatic carboxylic acids is 1. The molecule has 1 aromatic heterocycles. The van der Waals surface area contributed by atoms with Gasteiger partial charge in [0.1, 0.15) is 18.1 Å². The van der Waals surface area contributed by atoms with E-state index in [4.69, 9.17) is 5.73 Å². The molecular weight excluding hydrogens is 472 g/mol. The van der Waals surface area contributed by atoms with Crippen molar-refractivity contribution in [3.05, 3.63) is 18.2 Å². The number of carboxylic acids is 1. The zero-order chi connectivity index (χ0) is 26.5. The van der Waals surface area contributed by atoms with E-state index in [0.29, 0.717) is 24.3 Å². The molecule has 1 rings (SSSR count). The summed E-state index contributed by atoms with van der Waals surface area (Å²) in [7, 11) is 0. The Kier molecular flexibility index (Phi) is 13.4. The monoisotopic (exact) mass is 512 g/mol. The number of H-pyrrole nitrogens is 1. The molecule has 0 saturated heterocycles. The van der Waals surface area contributed by atoms with Gasteiger partial charge in [0, 0.05) is 18.3 Å². The highest BCUT2D eigenvalue weighted by molar-refractivity contribution is 7.98. The van der Waals surface area contributed by atoms with Crippen LogP contribution in [0.5, 0.6) is 0 Å². The summed E-state index contributed by atoms with van der Waals surface area (Å²) in [4.78, 5) is 57.3. The third-order valence-electron chi connectivity index (χ3n) is 6.19. The molecule has 6 unspecified atom stereocenters. The Hall–Kier alpha value is -2.60. The van der Waals surface area contributed by atoms with Crippen molar-refractivity contribution in [3.8, 4) is 0 Å². The van der Waals surface area contributed by atoms with E-state index in [9.17, 15) is 24.3 Å². The number of rotatable bonds is 16. The van der Waals surface area contributed by atoms with Gasteiger partial charge in [0.15, 0.2) is 0 Å². The summed E-state index contributed by atoms with van der Waals surface area (Å²) in [6.07, 6.45) is 6.42. The maximum atomic E-state index is 13.2. The number of carbonyl (C=O) groups excluding carboxylic acids is 3. The Balaban J connectivity index is 2.99. The highest BCUT2D eigenvalue weighted by Gasteiger charge is 2.33. The zero-order valence-electron chi connectivity index (χ0n) is 21.2. The van der Waals surface area contributed by atoms with Crippen LogP contribution in [0.3, 0.4) is 0 Å². The summed E-state index contributed by atoms with van der Waals surface area (Å²) in [5.74, 6) is -2.44. The van der Waals surface area contributed by atoms with Crippen molar-refractivity contribution in [2.24, 2.45) is 17.6 Å². The average Bonchev–Trinajstić information content (AvgIpc) is 3.35. The number of nitrogens with one attached hydrogen (secondary N) is 4. The molecule has 0 fully saturated rings. The number of carbonyl (C=O) groups is 4. The van der Waals surface area contributed by atoms with Crippen LogP contribution in [0.1, 0.15) is 52.7 Å². The molecule has 0 aromatic carbocycles. The number of nitrogens with two attached hydrogens (primary N) is 1. The van der Waals surface area contributed by atoms with Crippen LogP contribution in [-0.2, 0) is 25.6 Å². The van der Waals surface area contributed by atoms with Gasteiger partial charge in [-0.05, 0) is 30.3 Å². The molecule has 1 heterocycles. The van der Waals surface area contributed by atoms with Gasteiger partial charge in [0.2, 0.25) is 17.7 Å². The molecule has 0 aliphatic rings. The van der Waals surface area contributed by atoms with Crippen LogP contribution in [-0.4, -0.2) is 74.9 Å². The average molecular weight is 513 g/mol. The molecule has 1 aromatic rings. The number of hydrogen-bond donors (Lipinski definition) is 6. The molecule has 0 aliphatic heterocycles. The number of carboxylic acid groups (broad SMARTS) is 1. The van der Waals surface area contributed by atoms with Crippen molar-refractivity contribution >= 4 is 35.5 Å². The van der Waals surface area contributed by atoms with Gasteiger partial charge in [0.25, 0.3) is 0 Å². The van der Waals surface area contributed by atoms with Gasteiger partial charge in [-0.25, -0.2) is 9.78 Å². The van der Waals surface area contributed by atoms with Crippen molar-refractivity contribution in [2.45, 2.75) is 77.5 Å². The highest BCUT2D eigenvalue weighted by atomic mass is 32.2. The maximum Gasteiger partial charge on any atom is 0.326 e. The first-order chi connectivity index (χ1) is 16.5. The summed E-state index contributed by atoms with van der Waals surface area (Å²) >= 11 is 1.50. The van der Waals surface area contributed by atoms with Crippen LogP contribution in [0.15, 0.2) is 12.5 Å². The maximum absolute atomic E-state index is 13.2.